The second-order valence-corrected chi connectivity index (χ2v) is 40.6. The molecule has 0 saturated heterocycles. The summed E-state index contributed by atoms with van der Waals surface area (Å²) in [5.74, 6) is 12.5. The van der Waals surface area contributed by atoms with Crippen LogP contribution in [0.4, 0.5) is 28.4 Å². The fraction of sp³-hybridized carbons (Fsp3) is 0.509. The molecule has 0 radical (unpaired) electrons. The number of aromatic nitrogens is 10. The zero-order valence-corrected chi connectivity index (χ0v) is 83.7. The van der Waals surface area contributed by atoms with Crippen molar-refractivity contribution >= 4 is 57.7 Å². The molecule has 6 aliphatic carbocycles. The van der Waals surface area contributed by atoms with Gasteiger partial charge < -0.3 is 46.6 Å². The van der Waals surface area contributed by atoms with Gasteiger partial charge in [0, 0.05) is 101 Å². The number of aryl methyl sites for hydroxylation is 5. The summed E-state index contributed by atoms with van der Waals surface area (Å²) in [6.07, 6.45) is 37.7. The van der Waals surface area contributed by atoms with E-state index in [4.69, 9.17) is 22.1 Å². The first-order valence-corrected chi connectivity index (χ1v) is 50.3. The molecule has 20 nitrogen and oxygen atoms in total. The predicted octanol–water partition coefficient (Wildman–Crippen LogP) is 28.1. The van der Waals surface area contributed by atoms with E-state index in [1.165, 1.54) is 186 Å². The fourth-order valence-corrected chi connectivity index (χ4v) is 27.3. The molecule has 7 aliphatic heterocycles. The third kappa shape index (κ3) is 12.8. The van der Waals surface area contributed by atoms with Gasteiger partial charge in [-0.15, -0.1) is 0 Å². The van der Waals surface area contributed by atoms with E-state index < -0.39 is 0 Å². The van der Waals surface area contributed by atoms with Crippen molar-refractivity contribution in [2.45, 2.75) is 334 Å². The van der Waals surface area contributed by atoms with Crippen molar-refractivity contribution in [2.75, 3.05) is 24.5 Å². The Kier molecular flexibility index (Phi) is 23.6. The summed E-state index contributed by atoms with van der Waals surface area (Å²) in [6, 6.07) is 39.8. The second kappa shape index (κ2) is 34.1. The Bertz CT molecular complexity index is 6480. The Labute approximate surface area is 782 Å². The first kappa shape index (κ1) is 91.4. The maximum absolute atomic E-state index is 6.28. The Morgan fingerprint density at radius 2 is 0.561 bits per heavy atom. The van der Waals surface area contributed by atoms with Crippen molar-refractivity contribution in [2.24, 2.45) is 34.5 Å². The maximum Gasteiger partial charge on any atom is 0.306 e. The van der Waals surface area contributed by atoms with Crippen LogP contribution in [-0.4, -0.2) is 46.9 Å². The minimum atomic E-state index is -0.170. The van der Waals surface area contributed by atoms with E-state index in [-0.39, 0.29) is 49.4 Å². The van der Waals surface area contributed by atoms with Crippen LogP contribution in [0.3, 0.4) is 0 Å². The molecule has 15 aromatic rings. The van der Waals surface area contributed by atoms with E-state index in [2.05, 4.69) is 297 Å². The standard InChI is InChI=1S/C23H25N3O.2C21H25N3O.C19H21N3O.C18H19N3O.5C2H6/c1-14-4-2-3-5-19(14)26-13-20-21(25-7-6-24-22(25)27-20)23(26)17-9-15-8-16(11-17)12-18(23)10-15;2*1-13-8-7-9-14-16(13)24-12-15-17(23-11-10-22-18(23)25-15)21(24,6)20(4,5)19(14,2)3;1-14-7-3-4-8-15(14)22-13-16-17(19(22)9-5-2-6-10-19)21-12-11-20-18(21)23-16;1-13-6-2-3-7-14(13)21-12-15-16(18(21)8-4-5-9-18)20-11-10-19-17(20)22-15;5*1-2/h2-7,15-18H,8-13H2,1H3;2*7-11H,12H2,1-6H3;3-4,7-8,11-12H,2,5-6,9-10,13H2,1H3;2-3,6-7,10-11H,4-5,8-9,12H2,1H3;5*1-2H3. The lowest BCUT2D eigenvalue weighted by Gasteiger charge is -2.63. The Morgan fingerprint density at radius 3 is 0.902 bits per heavy atom. The van der Waals surface area contributed by atoms with Gasteiger partial charge in [-0.05, 0) is 198 Å². The van der Waals surface area contributed by atoms with Crippen molar-refractivity contribution < 1.29 is 22.1 Å². The summed E-state index contributed by atoms with van der Waals surface area (Å²) in [6.45, 7) is 59.2. The molecule has 28 rings (SSSR count). The molecule has 698 valence electrons. The molecule has 5 aromatic carbocycles. The number of hydrogen-bond acceptors (Lipinski definition) is 15. The van der Waals surface area contributed by atoms with E-state index in [1.54, 1.807) is 0 Å². The van der Waals surface area contributed by atoms with Crippen LogP contribution in [0.2, 0.25) is 0 Å². The lowest BCUT2D eigenvalue weighted by Crippen LogP contribution is -2.62. The van der Waals surface area contributed by atoms with Crippen LogP contribution in [0.1, 0.15) is 325 Å². The highest BCUT2D eigenvalue weighted by atomic mass is 16.4. The van der Waals surface area contributed by atoms with Crippen molar-refractivity contribution in [3.63, 3.8) is 0 Å². The monoisotopic (exact) mass is 1780 g/mol. The minimum Gasteiger partial charge on any atom is -0.426 e. The molecule has 0 amide bonds. The lowest BCUT2D eigenvalue weighted by atomic mass is 9.47. The van der Waals surface area contributed by atoms with Crippen molar-refractivity contribution in [1.82, 2.24) is 46.9 Å². The molecular formula is C112H145N15O5. The minimum absolute atomic E-state index is 0.00683. The van der Waals surface area contributed by atoms with Crippen LogP contribution >= 0.6 is 0 Å². The molecule has 4 bridgehead atoms. The molecule has 13 aliphatic rings. The highest BCUT2D eigenvalue weighted by Crippen LogP contribution is 2.70. The summed E-state index contributed by atoms with van der Waals surface area (Å²) in [7, 11) is 0. The highest BCUT2D eigenvalue weighted by Gasteiger charge is 2.69. The van der Waals surface area contributed by atoms with Crippen LogP contribution < -0.4 is 24.5 Å². The predicted molar refractivity (Wildman–Crippen MR) is 533 cm³/mol. The first-order valence-electron chi connectivity index (χ1n) is 50.3. The molecule has 132 heavy (non-hydrogen) atoms. The van der Waals surface area contributed by atoms with E-state index >= 15 is 0 Å². The van der Waals surface area contributed by atoms with Gasteiger partial charge in [0.2, 0.25) is 0 Å². The Morgan fingerprint density at radius 1 is 0.288 bits per heavy atom. The number of nitrogens with zero attached hydrogens (tertiary/aromatic N) is 15. The molecule has 0 N–H and O–H groups in total. The largest absolute Gasteiger partial charge is 0.426 e. The van der Waals surface area contributed by atoms with Gasteiger partial charge in [-0.3, -0.25) is 22.0 Å². The van der Waals surface area contributed by atoms with Crippen molar-refractivity contribution in [3.05, 3.63) is 267 Å². The van der Waals surface area contributed by atoms with E-state index in [0.717, 1.165) is 103 Å². The third-order valence-corrected chi connectivity index (χ3v) is 34.5. The zero-order chi connectivity index (χ0) is 93.5. The van der Waals surface area contributed by atoms with Crippen molar-refractivity contribution in [1.29, 1.82) is 0 Å². The quantitative estimate of drug-likeness (QED) is 0.164. The molecule has 3 spiro atoms. The average molecular weight is 1780 g/mol. The number of imidazole rings is 5. The van der Waals surface area contributed by atoms with Crippen LogP contribution in [0, 0.1) is 69.1 Å². The summed E-state index contributed by atoms with van der Waals surface area (Å²) >= 11 is 0. The van der Waals surface area contributed by atoms with Gasteiger partial charge in [-0.25, -0.2) is 24.9 Å². The SMILES string of the molecule is CC.CC.CC.CC.CC.Cc1cccc2c1N1Cc3oc4nccn4c3C1(C)C(C)(C)C2(C)C.Cc1cccc2c1N1Cc3oc4nccn4c3C1(C)C(C)(C)C2(C)C.Cc1ccccc1N1Cc2oc3nccn3c2C12C1CC3CC(C1)CC2C3.Cc1ccccc1N1Cc2oc3nccn3c2C12CCCC2.Cc1ccccc1N1Cc2oc3nccn3c2C12CCCCC2. The normalized spacial score (nSPS) is 24.1. The van der Waals surface area contributed by atoms with Gasteiger partial charge in [0.15, 0.2) is 0 Å². The first-order chi connectivity index (χ1) is 63.8. The lowest BCUT2D eigenvalue weighted by molar-refractivity contribution is -0.0608. The van der Waals surface area contributed by atoms with Crippen molar-refractivity contribution in [3.8, 4) is 0 Å². The van der Waals surface area contributed by atoms with Gasteiger partial charge in [-0.2, -0.15) is 0 Å². The van der Waals surface area contributed by atoms with Gasteiger partial charge in [-0.1, -0.05) is 248 Å². The number of rotatable bonds is 3. The average Bonchev–Trinajstić information content (AvgIpc) is 1.41. The molecule has 20 heteroatoms. The molecule has 2 unspecified atom stereocenters. The smallest absolute Gasteiger partial charge is 0.306 e. The topological polar surface area (TPSA) is 168 Å². The molecule has 17 heterocycles. The highest BCUT2D eigenvalue weighted by molar-refractivity contribution is 5.73. The number of hydrogen-bond donors (Lipinski definition) is 0. The molecule has 6 fully saturated rings. The molecule has 10 aromatic heterocycles. The zero-order valence-electron chi connectivity index (χ0n) is 83.7. The number of anilines is 5. The molecular weight excluding hydrogens is 1640 g/mol. The van der Waals surface area contributed by atoms with E-state index in [9.17, 15) is 0 Å². The van der Waals surface area contributed by atoms with Gasteiger partial charge in [0.05, 0.1) is 88.9 Å². The van der Waals surface area contributed by atoms with E-state index in [1.807, 2.05) is 119 Å². The summed E-state index contributed by atoms with van der Waals surface area (Å²) in [5, 5.41) is 0. The van der Waals surface area contributed by atoms with Gasteiger partial charge in [0.1, 0.15) is 28.8 Å². The Balaban J connectivity index is 0.000000108. The van der Waals surface area contributed by atoms with Crippen LogP contribution in [0.15, 0.2) is 193 Å². The molecule has 6 saturated carbocycles. The summed E-state index contributed by atoms with van der Waals surface area (Å²) in [4.78, 5) is 34.9. The second-order valence-electron chi connectivity index (χ2n) is 40.6. The Hall–Kier alpha value is -11.2. The molecule has 2 atom stereocenters. The third-order valence-electron chi connectivity index (χ3n) is 34.5. The fourth-order valence-electron chi connectivity index (χ4n) is 27.3. The summed E-state index contributed by atoms with van der Waals surface area (Å²) < 4.78 is 41.6. The van der Waals surface area contributed by atoms with Crippen LogP contribution in [-0.2, 0) is 71.2 Å². The van der Waals surface area contributed by atoms with Crippen LogP contribution in [0.5, 0.6) is 0 Å². The summed E-state index contributed by atoms with van der Waals surface area (Å²) in [5.41, 5.74) is 22.9. The number of fused-ring (bicyclic) bond motifs is 25. The maximum atomic E-state index is 6.28. The number of para-hydroxylation sites is 5. The van der Waals surface area contributed by atoms with Gasteiger partial charge >= 0.3 is 29.2 Å². The van der Waals surface area contributed by atoms with E-state index in [0.29, 0.717) is 11.7 Å². The number of oxazole rings is 5. The number of benzene rings is 5. The van der Waals surface area contributed by atoms with Gasteiger partial charge in [0.25, 0.3) is 0 Å². The van der Waals surface area contributed by atoms with Crippen LogP contribution in [0.25, 0.3) is 29.2 Å².